The first-order valence-electron chi connectivity index (χ1n) is 6.43. The van der Waals surface area contributed by atoms with E-state index in [1.165, 1.54) is 0 Å². The summed E-state index contributed by atoms with van der Waals surface area (Å²) in [5.41, 5.74) is 2.98. The van der Waals surface area contributed by atoms with Crippen molar-refractivity contribution in [2.45, 2.75) is 12.3 Å². The van der Waals surface area contributed by atoms with E-state index in [-0.39, 0.29) is 5.38 Å². The van der Waals surface area contributed by atoms with Gasteiger partial charge >= 0.3 is 0 Å². The molecule has 1 heterocycles. The molecule has 3 nitrogen and oxygen atoms in total. The summed E-state index contributed by atoms with van der Waals surface area (Å²) < 4.78 is 1.96. The molecule has 0 spiro atoms. The molecule has 0 saturated heterocycles. The Hall–Kier alpha value is -2.02. The summed E-state index contributed by atoms with van der Waals surface area (Å²) in [6, 6.07) is 15.2. The van der Waals surface area contributed by atoms with E-state index in [4.69, 9.17) is 23.2 Å². The third-order valence-corrected chi connectivity index (χ3v) is 3.72. The number of benzene rings is 2. The Morgan fingerprint density at radius 1 is 1.19 bits per heavy atom. The number of fused-ring (bicyclic) bond motifs is 1. The standard InChI is InChI=1S/C16H11Cl2N3/c1-10(17)16-20-15-11(9-19)3-2-4-14(15)21(16)13-7-5-12(18)6-8-13/h2-8,10H,1H3. The number of halogens is 2. The molecule has 3 rings (SSSR count). The van der Waals surface area contributed by atoms with E-state index in [1.807, 2.05) is 47.9 Å². The third-order valence-electron chi connectivity index (χ3n) is 3.27. The van der Waals surface area contributed by atoms with Crippen LogP contribution in [-0.4, -0.2) is 9.55 Å². The average molecular weight is 316 g/mol. The monoisotopic (exact) mass is 315 g/mol. The van der Waals surface area contributed by atoms with E-state index < -0.39 is 0 Å². The molecular formula is C16H11Cl2N3. The van der Waals surface area contributed by atoms with Crippen LogP contribution in [0, 0.1) is 11.3 Å². The Morgan fingerprint density at radius 3 is 2.52 bits per heavy atom. The SMILES string of the molecule is CC(Cl)c1nc2c(C#N)cccc2n1-c1ccc(Cl)cc1. The molecule has 0 fully saturated rings. The molecule has 1 aromatic heterocycles. The molecular weight excluding hydrogens is 305 g/mol. The highest BCUT2D eigenvalue weighted by molar-refractivity contribution is 6.30. The van der Waals surface area contributed by atoms with Crippen LogP contribution in [0.15, 0.2) is 42.5 Å². The number of aromatic nitrogens is 2. The first-order chi connectivity index (χ1) is 10.1. The second kappa shape index (κ2) is 5.40. The minimum atomic E-state index is -0.278. The van der Waals surface area contributed by atoms with Crippen molar-refractivity contribution in [1.29, 1.82) is 5.26 Å². The highest BCUT2D eigenvalue weighted by atomic mass is 35.5. The van der Waals surface area contributed by atoms with Gasteiger partial charge in [-0.1, -0.05) is 17.7 Å². The van der Waals surface area contributed by atoms with Crippen LogP contribution in [0.5, 0.6) is 0 Å². The Morgan fingerprint density at radius 2 is 1.90 bits per heavy atom. The van der Waals surface area contributed by atoms with Crippen molar-refractivity contribution in [2.75, 3.05) is 0 Å². The van der Waals surface area contributed by atoms with Gasteiger partial charge in [0.25, 0.3) is 0 Å². The summed E-state index contributed by atoms with van der Waals surface area (Å²) in [6.07, 6.45) is 0. The molecule has 5 heteroatoms. The average Bonchev–Trinajstić information content (AvgIpc) is 2.87. The van der Waals surface area contributed by atoms with Gasteiger partial charge in [0.15, 0.2) is 0 Å². The predicted octanol–water partition coefficient (Wildman–Crippen LogP) is 4.85. The zero-order chi connectivity index (χ0) is 15.0. The maximum absolute atomic E-state index is 9.23. The van der Waals surface area contributed by atoms with E-state index >= 15 is 0 Å². The minimum Gasteiger partial charge on any atom is -0.295 e. The molecule has 0 bridgehead atoms. The van der Waals surface area contributed by atoms with Gasteiger partial charge in [-0.25, -0.2) is 4.98 Å². The van der Waals surface area contributed by atoms with Gasteiger partial charge in [0, 0.05) is 10.7 Å². The van der Waals surface area contributed by atoms with E-state index in [0.717, 1.165) is 11.2 Å². The van der Waals surface area contributed by atoms with Crippen LogP contribution in [0.1, 0.15) is 23.7 Å². The molecule has 0 N–H and O–H groups in total. The Balaban J connectivity index is 2.37. The van der Waals surface area contributed by atoms with Crippen molar-refractivity contribution < 1.29 is 0 Å². The van der Waals surface area contributed by atoms with Gasteiger partial charge in [-0.2, -0.15) is 5.26 Å². The van der Waals surface area contributed by atoms with Crippen molar-refractivity contribution in [2.24, 2.45) is 0 Å². The number of alkyl halides is 1. The molecule has 0 saturated carbocycles. The molecule has 0 aliphatic rings. The van der Waals surface area contributed by atoms with Crippen LogP contribution in [0.4, 0.5) is 0 Å². The van der Waals surface area contributed by atoms with Crippen molar-refractivity contribution in [3.63, 3.8) is 0 Å². The number of hydrogen-bond acceptors (Lipinski definition) is 2. The fraction of sp³-hybridized carbons (Fsp3) is 0.125. The summed E-state index contributed by atoms with van der Waals surface area (Å²) >= 11 is 12.2. The largest absolute Gasteiger partial charge is 0.295 e. The quantitative estimate of drug-likeness (QED) is 0.634. The molecule has 0 aliphatic carbocycles. The fourth-order valence-corrected chi connectivity index (χ4v) is 2.61. The van der Waals surface area contributed by atoms with Crippen molar-refractivity contribution in [3.05, 3.63) is 58.9 Å². The van der Waals surface area contributed by atoms with Crippen molar-refractivity contribution >= 4 is 34.2 Å². The molecule has 21 heavy (non-hydrogen) atoms. The summed E-state index contributed by atoms with van der Waals surface area (Å²) in [4.78, 5) is 4.56. The lowest BCUT2D eigenvalue weighted by Gasteiger charge is -2.10. The van der Waals surface area contributed by atoms with Gasteiger partial charge in [0.1, 0.15) is 17.4 Å². The predicted molar refractivity (Wildman–Crippen MR) is 85.1 cm³/mol. The number of hydrogen-bond donors (Lipinski definition) is 0. The van der Waals surface area contributed by atoms with E-state index in [2.05, 4.69) is 11.1 Å². The topological polar surface area (TPSA) is 41.6 Å². The Labute approximate surface area is 132 Å². The molecule has 0 aliphatic heterocycles. The van der Waals surface area contributed by atoms with E-state index in [9.17, 15) is 5.26 Å². The highest BCUT2D eigenvalue weighted by Gasteiger charge is 2.18. The molecule has 2 aromatic carbocycles. The molecule has 1 atom stereocenters. The van der Waals surface area contributed by atoms with Crippen molar-refractivity contribution in [3.8, 4) is 11.8 Å². The lowest BCUT2D eigenvalue weighted by atomic mass is 10.2. The number of nitrogens with zero attached hydrogens (tertiary/aromatic N) is 3. The maximum Gasteiger partial charge on any atom is 0.132 e. The van der Waals surface area contributed by atoms with Gasteiger partial charge in [0.05, 0.1) is 16.5 Å². The van der Waals surface area contributed by atoms with Crippen LogP contribution in [-0.2, 0) is 0 Å². The second-order valence-corrected chi connectivity index (χ2v) is 5.77. The zero-order valence-electron chi connectivity index (χ0n) is 11.2. The van der Waals surface area contributed by atoms with Crippen LogP contribution in [0.2, 0.25) is 5.02 Å². The minimum absolute atomic E-state index is 0.278. The number of imidazole rings is 1. The maximum atomic E-state index is 9.23. The number of para-hydroxylation sites is 1. The number of rotatable bonds is 2. The van der Waals surface area contributed by atoms with Crippen LogP contribution >= 0.6 is 23.2 Å². The first kappa shape index (κ1) is 13.9. The Bertz CT molecular complexity index is 842. The van der Waals surface area contributed by atoms with Crippen LogP contribution < -0.4 is 0 Å². The van der Waals surface area contributed by atoms with Crippen LogP contribution in [0.25, 0.3) is 16.7 Å². The van der Waals surface area contributed by atoms with Crippen LogP contribution in [0.3, 0.4) is 0 Å². The first-order valence-corrected chi connectivity index (χ1v) is 7.24. The lowest BCUT2D eigenvalue weighted by Crippen LogP contribution is -2.01. The molecule has 104 valence electrons. The van der Waals surface area contributed by atoms with Gasteiger partial charge in [0.2, 0.25) is 0 Å². The molecule has 0 radical (unpaired) electrons. The van der Waals surface area contributed by atoms with E-state index in [1.54, 1.807) is 6.07 Å². The molecule has 0 amide bonds. The highest BCUT2D eigenvalue weighted by Crippen LogP contribution is 2.30. The normalized spacial score (nSPS) is 12.3. The lowest BCUT2D eigenvalue weighted by molar-refractivity contribution is 0.882. The smallest absolute Gasteiger partial charge is 0.132 e. The third kappa shape index (κ3) is 2.37. The van der Waals surface area contributed by atoms with Gasteiger partial charge in [-0.3, -0.25) is 4.57 Å². The zero-order valence-corrected chi connectivity index (χ0v) is 12.7. The van der Waals surface area contributed by atoms with Gasteiger partial charge in [-0.05, 0) is 43.3 Å². The fourth-order valence-electron chi connectivity index (χ4n) is 2.34. The molecule has 3 aromatic rings. The van der Waals surface area contributed by atoms with Gasteiger partial charge < -0.3 is 0 Å². The Kier molecular flexibility index (Phi) is 3.59. The summed E-state index contributed by atoms with van der Waals surface area (Å²) in [6.45, 7) is 1.86. The number of nitriles is 1. The summed E-state index contributed by atoms with van der Waals surface area (Å²) in [5.74, 6) is 0.705. The van der Waals surface area contributed by atoms with Crippen molar-refractivity contribution in [1.82, 2.24) is 9.55 Å². The molecule has 1 unspecified atom stereocenters. The second-order valence-electron chi connectivity index (χ2n) is 4.68. The van der Waals surface area contributed by atoms with E-state index in [0.29, 0.717) is 21.9 Å². The summed E-state index contributed by atoms with van der Waals surface area (Å²) in [7, 11) is 0. The van der Waals surface area contributed by atoms with Gasteiger partial charge in [-0.15, -0.1) is 11.6 Å². The summed E-state index contributed by atoms with van der Waals surface area (Å²) in [5, 5.41) is 9.62.